The number of rotatable bonds is 4. The van der Waals surface area contributed by atoms with E-state index >= 15 is 0 Å². The highest BCUT2D eigenvalue weighted by atomic mass is 15.1. The smallest absolute Gasteiger partial charge is 0.165 e. The molecule has 0 radical (unpaired) electrons. The first-order chi connectivity index (χ1) is 24.3. The molecular formula is C46H29N3. The van der Waals surface area contributed by atoms with Gasteiger partial charge < -0.3 is 0 Å². The number of nitrogens with zero attached hydrogens (tertiary/aromatic N) is 3. The molecule has 0 saturated heterocycles. The number of hydrogen-bond acceptors (Lipinski definition) is 2. The second kappa shape index (κ2) is 11.0. The number of benzene rings is 8. The Kier molecular flexibility index (Phi) is 6.18. The van der Waals surface area contributed by atoms with Crippen LogP contribution >= 0.6 is 0 Å². The summed E-state index contributed by atoms with van der Waals surface area (Å²) in [6.07, 6.45) is 0. The monoisotopic (exact) mass is 623 g/mol. The molecule has 0 saturated carbocycles. The third-order valence-electron chi connectivity index (χ3n) is 9.79. The molecule has 0 fully saturated rings. The van der Waals surface area contributed by atoms with Gasteiger partial charge in [0.2, 0.25) is 0 Å². The summed E-state index contributed by atoms with van der Waals surface area (Å²) in [7, 11) is 0. The molecule has 0 aliphatic heterocycles. The summed E-state index contributed by atoms with van der Waals surface area (Å²) in [5, 5.41) is 7.38. The summed E-state index contributed by atoms with van der Waals surface area (Å²) >= 11 is 0. The molecule has 0 aliphatic carbocycles. The molecule has 0 amide bonds. The van der Waals surface area contributed by atoms with E-state index in [0.29, 0.717) is 0 Å². The molecule has 8 aromatic carbocycles. The number of fused-ring (bicyclic) bond motifs is 8. The predicted molar refractivity (Wildman–Crippen MR) is 205 cm³/mol. The fourth-order valence-corrected chi connectivity index (χ4v) is 7.42. The quantitative estimate of drug-likeness (QED) is 0.195. The van der Waals surface area contributed by atoms with Crippen LogP contribution in [0, 0.1) is 0 Å². The topological polar surface area (TPSA) is 30.7 Å². The highest BCUT2D eigenvalue weighted by Crippen LogP contribution is 2.42. The molecule has 0 spiro atoms. The zero-order valence-corrected chi connectivity index (χ0v) is 26.6. The maximum Gasteiger partial charge on any atom is 0.165 e. The van der Waals surface area contributed by atoms with Crippen molar-refractivity contribution in [1.82, 2.24) is 14.5 Å². The van der Waals surface area contributed by atoms with Crippen LogP contribution in [0.25, 0.3) is 93.7 Å². The van der Waals surface area contributed by atoms with E-state index < -0.39 is 0 Å². The SMILES string of the molecule is c1ccc(-c2ccc(-c3ccc(-c4nc5ccccc5nc4-n4c5ccc6ccccc6c5c5c6ccccc6ccc54)cc3)cc2)cc1. The van der Waals surface area contributed by atoms with Crippen molar-refractivity contribution >= 4 is 54.4 Å². The van der Waals surface area contributed by atoms with Crippen LogP contribution in [0.3, 0.4) is 0 Å². The number of hydrogen-bond donors (Lipinski definition) is 0. The minimum atomic E-state index is 0.823. The summed E-state index contributed by atoms with van der Waals surface area (Å²) < 4.78 is 2.33. The van der Waals surface area contributed by atoms with Gasteiger partial charge in [0.1, 0.15) is 5.69 Å². The second-order valence-electron chi connectivity index (χ2n) is 12.6. The Hall–Kier alpha value is -6.58. The summed E-state index contributed by atoms with van der Waals surface area (Å²) in [6, 6.07) is 62.5. The van der Waals surface area contributed by atoms with Gasteiger partial charge in [0, 0.05) is 16.3 Å². The Morgan fingerprint density at radius 3 is 1.31 bits per heavy atom. The first kappa shape index (κ1) is 27.5. The highest BCUT2D eigenvalue weighted by molar-refractivity contribution is 6.28. The fourth-order valence-electron chi connectivity index (χ4n) is 7.42. The molecule has 3 nitrogen and oxygen atoms in total. The predicted octanol–water partition coefficient (Wildman–Crippen LogP) is 12.0. The lowest BCUT2D eigenvalue weighted by molar-refractivity contribution is 1.08. The number of aromatic nitrogens is 3. The first-order valence-corrected chi connectivity index (χ1v) is 16.7. The zero-order valence-electron chi connectivity index (χ0n) is 26.6. The fraction of sp³-hybridized carbons (Fsp3) is 0. The lowest BCUT2D eigenvalue weighted by Crippen LogP contribution is -2.03. The Labute approximate surface area is 283 Å². The van der Waals surface area contributed by atoms with Crippen LogP contribution < -0.4 is 0 Å². The lowest BCUT2D eigenvalue weighted by atomic mass is 9.99. The van der Waals surface area contributed by atoms with Crippen LogP contribution in [-0.4, -0.2) is 14.5 Å². The summed E-state index contributed by atoms with van der Waals surface area (Å²) in [6.45, 7) is 0. The highest BCUT2D eigenvalue weighted by Gasteiger charge is 2.21. The summed E-state index contributed by atoms with van der Waals surface area (Å²) in [5.74, 6) is 0.823. The maximum atomic E-state index is 5.37. The van der Waals surface area contributed by atoms with Crippen LogP contribution in [-0.2, 0) is 0 Å². The molecule has 0 aliphatic rings. The molecule has 0 atom stereocenters. The first-order valence-electron chi connectivity index (χ1n) is 16.7. The molecular weight excluding hydrogens is 595 g/mol. The third-order valence-corrected chi connectivity index (χ3v) is 9.79. The van der Waals surface area contributed by atoms with Gasteiger partial charge in [-0.2, -0.15) is 0 Å². The van der Waals surface area contributed by atoms with Crippen molar-refractivity contribution in [2.24, 2.45) is 0 Å². The van der Waals surface area contributed by atoms with Gasteiger partial charge in [0.25, 0.3) is 0 Å². The normalized spacial score (nSPS) is 11.7. The molecule has 228 valence electrons. The van der Waals surface area contributed by atoms with Crippen molar-refractivity contribution in [1.29, 1.82) is 0 Å². The zero-order chi connectivity index (χ0) is 32.3. The minimum Gasteiger partial charge on any atom is -0.292 e. The van der Waals surface area contributed by atoms with E-state index in [1.54, 1.807) is 0 Å². The van der Waals surface area contributed by atoms with Crippen molar-refractivity contribution in [3.63, 3.8) is 0 Å². The van der Waals surface area contributed by atoms with E-state index in [9.17, 15) is 0 Å². The maximum absolute atomic E-state index is 5.37. The van der Waals surface area contributed by atoms with Gasteiger partial charge in [-0.15, -0.1) is 0 Å². The number of para-hydroxylation sites is 2. The van der Waals surface area contributed by atoms with Crippen LogP contribution in [0.5, 0.6) is 0 Å². The Morgan fingerprint density at radius 1 is 0.327 bits per heavy atom. The van der Waals surface area contributed by atoms with Gasteiger partial charge >= 0.3 is 0 Å². The largest absolute Gasteiger partial charge is 0.292 e. The van der Waals surface area contributed by atoms with Gasteiger partial charge in [-0.3, -0.25) is 4.57 Å². The van der Waals surface area contributed by atoms with Gasteiger partial charge in [-0.1, -0.05) is 152 Å². The Balaban J connectivity index is 1.20. The van der Waals surface area contributed by atoms with E-state index in [1.165, 1.54) is 49.0 Å². The average Bonchev–Trinajstić information content (AvgIpc) is 3.53. The van der Waals surface area contributed by atoms with Crippen LogP contribution in [0.15, 0.2) is 176 Å². The van der Waals surface area contributed by atoms with Crippen LogP contribution in [0.2, 0.25) is 0 Å². The molecule has 10 rings (SSSR count). The summed E-state index contributed by atoms with van der Waals surface area (Å²) in [4.78, 5) is 10.7. The average molecular weight is 624 g/mol. The Morgan fingerprint density at radius 2 is 0.755 bits per heavy atom. The molecule has 0 bridgehead atoms. The van der Waals surface area contributed by atoms with Gasteiger partial charge in [0.05, 0.1) is 22.1 Å². The third kappa shape index (κ3) is 4.44. The van der Waals surface area contributed by atoms with Crippen molar-refractivity contribution in [2.45, 2.75) is 0 Å². The standard InChI is InChI=1S/C46H29N3/c1-2-10-30(11-3-1)31-18-20-32(21-19-31)33-22-24-36(25-23-33)45-46(48-40-17-9-8-16-39(40)47-45)49-41-28-26-34-12-4-6-14-37(34)43(41)44-38-15-7-5-13-35(38)27-29-42(44)49/h1-29H. The van der Waals surface area contributed by atoms with Crippen molar-refractivity contribution in [3.05, 3.63) is 176 Å². The molecule has 3 heteroatoms. The van der Waals surface area contributed by atoms with E-state index in [1.807, 2.05) is 18.2 Å². The van der Waals surface area contributed by atoms with Gasteiger partial charge in [-0.25, -0.2) is 9.97 Å². The Bertz CT molecular complexity index is 2760. The molecule has 0 unspecified atom stereocenters. The van der Waals surface area contributed by atoms with E-state index in [0.717, 1.165) is 44.7 Å². The molecule has 2 heterocycles. The van der Waals surface area contributed by atoms with Gasteiger partial charge in [0.15, 0.2) is 5.82 Å². The van der Waals surface area contributed by atoms with E-state index in [2.05, 4.69) is 162 Å². The molecule has 10 aromatic rings. The minimum absolute atomic E-state index is 0.823. The lowest BCUT2D eigenvalue weighted by Gasteiger charge is -2.14. The van der Waals surface area contributed by atoms with Crippen LogP contribution in [0.4, 0.5) is 0 Å². The van der Waals surface area contributed by atoms with E-state index in [4.69, 9.17) is 9.97 Å². The summed E-state index contributed by atoms with van der Waals surface area (Å²) in [5.41, 5.74) is 10.6. The van der Waals surface area contributed by atoms with Gasteiger partial charge in [-0.05, 0) is 68.1 Å². The molecule has 2 aromatic heterocycles. The molecule has 49 heavy (non-hydrogen) atoms. The second-order valence-corrected chi connectivity index (χ2v) is 12.6. The van der Waals surface area contributed by atoms with E-state index in [-0.39, 0.29) is 0 Å². The van der Waals surface area contributed by atoms with Crippen LogP contribution in [0.1, 0.15) is 0 Å². The van der Waals surface area contributed by atoms with Crippen molar-refractivity contribution in [3.8, 4) is 39.3 Å². The molecule has 0 N–H and O–H groups in total. The van der Waals surface area contributed by atoms with Crippen molar-refractivity contribution in [2.75, 3.05) is 0 Å². The van der Waals surface area contributed by atoms with Crippen molar-refractivity contribution < 1.29 is 0 Å².